The zero-order valence-corrected chi connectivity index (χ0v) is 18.1. The molecule has 2 aliphatic rings. The molecule has 0 saturated carbocycles. The minimum atomic E-state index is -3.49. The van der Waals surface area contributed by atoms with E-state index in [0.29, 0.717) is 30.2 Å². The van der Waals surface area contributed by atoms with Crippen LogP contribution in [-0.2, 0) is 19.6 Å². The normalized spacial score (nSPS) is 19.6. The molecule has 9 heteroatoms. The molecule has 0 radical (unpaired) electrons. The van der Waals surface area contributed by atoms with E-state index in [1.54, 1.807) is 48.4 Å². The maximum atomic E-state index is 12.7. The molecule has 2 aromatic carbocycles. The molecule has 8 nitrogen and oxygen atoms in total. The molecule has 1 atom stereocenters. The fraction of sp³-hybridized carbons (Fsp3) is 0.364. The summed E-state index contributed by atoms with van der Waals surface area (Å²) in [7, 11) is -1.93. The molecule has 2 heterocycles. The summed E-state index contributed by atoms with van der Waals surface area (Å²) in [5.41, 5.74) is 1.19. The summed E-state index contributed by atoms with van der Waals surface area (Å²) < 4.78 is 31.9. The lowest BCUT2D eigenvalue weighted by atomic mass is 10.1. The van der Waals surface area contributed by atoms with Gasteiger partial charge in [0.15, 0.2) is 0 Å². The molecule has 2 aromatic rings. The van der Waals surface area contributed by atoms with Crippen LogP contribution < -0.4 is 15.0 Å². The molecule has 2 saturated heterocycles. The first-order valence-corrected chi connectivity index (χ1v) is 11.7. The lowest BCUT2D eigenvalue weighted by Gasteiger charge is -2.18. The second-order valence-corrected chi connectivity index (χ2v) is 9.67. The minimum Gasteiger partial charge on any atom is -0.497 e. The predicted octanol–water partition coefficient (Wildman–Crippen LogP) is 2.47. The monoisotopic (exact) mass is 443 g/mol. The zero-order valence-electron chi connectivity index (χ0n) is 17.3. The van der Waals surface area contributed by atoms with Crippen molar-refractivity contribution in [3.8, 4) is 5.75 Å². The van der Waals surface area contributed by atoms with Gasteiger partial charge in [-0.2, -0.15) is 4.31 Å². The average molecular weight is 444 g/mol. The van der Waals surface area contributed by atoms with Gasteiger partial charge >= 0.3 is 0 Å². The van der Waals surface area contributed by atoms with Crippen molar-refractivity contribution in [2.75, 3.05) is 37.0 Å². The van der Waals surface area contributed by atoms with Crippen LogP contribution in [0, 0.1) is 5.92 Å². The largest absolute Gasteiger partial charge is 0.497 e. The molecule has 2 fully saturated rings. The number of hydrogen-bond donors (Lipinski definition) is 1. The van der Waals surface area contributed by atoms with E-state index in [9.17, 15) is 18.0 Å². The Bertz CT molecular complexity index is 1080. The van der Waals surface area contributed by atoms with Crippen molar-refractivity contribution >= 4 is 33.2 Å². The highest BCUT2D eigenvalue weighted by atomic mass is 32.2. The molecule has 0 aromatic heterocycles. The summed E-state index contributed by atoms with van der Waals surface area (Å²) in [5.74, 6) is -0.247. The van der Waals surface area contributed by atoms with Crippen LogP contribution in [0.4, 0.5) is 11.4 Å². The van der Waals surface area contributed by atoms with Gasteiger partial charge in [0.05, 0.1) is 17.9 Å². The molecule has 164 valence electrons. The smallest absolute Gasteiger partial charge is 0.243 e. The molecule has 4 rings (SSSR count). The Labute approximate surface area is 181 Å². The SMILES string of the molecule is COc1cccc(N2CC(C(=O)Nc3ccc(S(=O)(=O)N4CCCC4)cc3)CC2=O)c1. The summed E-state index contributed by atoms with van der Waals surface area (Å²) in [6, 6.07) is 13.3. The highest BCUT2D eigenvalue weighted by Crippen LogP contribution is 2.29. The van der Waals surface area contributed by atoms with Crippen LogP contribution in [0.15, 0.2) is 53.4 Å². The molecule has 2 aliphatic heterocycles. The van der Waals surface area contributed by atoms with E-state index in [0.717, 1.165) is 12.8 Å². The van der Waals surface area contributed by atoms with Gasteiger partial charge in [-0.15, -0.1) is 0 Å². The van der Waals surface area contributed by atoms with E-state index in [2.05, 4.69) is 5.32 Å². The second-order valence-electron chi connectivity index (χ2n) is 7.73. The number of anilines is 2. The minimum absolute atomic E-state index is 0.116. The number of rotatable bonds is 6. The quantitative estimate of drug-likeness (QED) is 0.740. The highest BCUT2D eigenvalue weighted by Gasteiger charge is 2.35. The van der Waals surface area contributed by atoms with E-state index >= 15 is 0 Å². The van der Waals surface area contributed by atoms with Crippen molar-refractivity contribution < 1.29 is 22.7 Å². The van der Waals surface area contributed by atoms with E-state index in [1.165, 1.54) is 16.4 Å². The lowest BCUT2D eigenvalue weighted by molar-refractivity contribution is -0.122. The Hall–Kier alpha value is -2.91. The first kappa shape index (κ1) is 21.3. The third-order valence-corrected chi connectivity index (χ3v) is 7.60. The van der Waals surface area contributed by atoms with E-state index in [-0.39, 0.29) is 29.7 Å². The maximum Gasteiger partial charge on any atom is 0.243 e. The van der Waals surface area contributed by atoms with Gasteiger partial charge in [0.1, 0.15) is 5.75 Å². The van der Waals surface area contributed by atoms with Crippen LogP contribution in [0.3, 0.4) is 0 Å². The molecule has 0 aliphatic carbocycles. The lowest BCUT2D eigenvalue weighted by Crippen LogP contribution is -2.28. The fourth-order valence-corrected chi connectivity index (χ4v) is 5.46. The zero-order chi connectivity index (χ0) is 22.0. The number of ether oxygens (including phenoxy) is 1. The molecule has 0 bridgehead atoms. The van der Waals surface area contributed by atoms with E-state index in [4.69, 9.17) is 4.74 Å². The van der Waals surface area contributed by atoms with Gasteiger partial charge in [-0.25, -0.2) is 8.42 Å². The number of amides is 2. The Kier molecular flexibility index (Phi) is 5.97. The first-order valence-electron chi connectivity index (χ1n) is 10.2. The standard InChI is InChI=1S/C22H25N3O5S/c1-30-19-6-4-5-18(14-19)25-15-16(13-21(25)26)22(27)23-17-7-9-20(10-8-17)31(28,29)24-11-2-3-12-24/h4-10,14,16H,2-3,11-13,15H2,1H3,(H,23,27). The number of nitrogens with one attached hydrogen (secondary N) is 1. The number of hydrogen-bond acceptors (Lipinski definition) is 5. The summed E-state index contributed by atoms with van der Waals surface area (Å²) in [4.78, 5) is 27.0. The van der Waals surface area contributed by atoms with Gasteiger partial charge in [0.2, 0.25) is 21.8 Å². The van der Waals surface area contributed by atoms with Crippen LogP contribution >= 0.6 is 0 Å². The Morgan fingerprint density at radius 3 is 2.48 bits per heavy atom. The van der Waals surface area contributed by atoms with Gasteiger partial charge < -0.3 is 15.0 Å². The van der Waals surface area contributed by atoms with Crippen LogP contribution in [0.5, 0.6) is 5.75 Å². The van der Waals surface area contributed by atoms with Gasteiger partial charge in [-0.3, -0.25) is 9.59 Å². The number of benzene rings is 2. The van der Waals surface area contributed by atoms with Crippen molar-refractivity contribution in [2.24, 2.45) is 5.92 Å². The topological polar surface area (TPSA) is 96.0 Å². The number of nitrogens with zero attached hydrogens (tertiary/aromatic N) is 2. The van der Waals surface area contributed by atoms with Gasteiger partial charge in [-0.1, -0.05) is 6.07 Å². The van der Waals surface area contributed by atoms with Crippen LogP contribution in [-0.4, -0.2) is 51.3 Å². The van der Waals surface area contributed by atoms with Crippen LogP contribution in [0.2, 0.25) is 0 Å². The summed E-state index contributed by atoms with van der Waals surface area (Å²) in [6.45, 7) is 1.36. The summed E-state index contributed by atoms with van der Waals surface area (Å²) >= 11 is 0. The number of methoxy groups -OCH3 is 1. The molecule has 31 heavy (non-hydrogen) atoms. The van der Waals surface area contributed by atoms with Crippen molar-refractivity contribution in [2.45, 2.75) is 24.2 Å². The third kappa shape index (κ3) is 4.42. The number of sulfonamides is 1. The molecule has 1 N–H and O–H groups in total. The second kappa shape index (κ2) is 8.68. The van der Waals surface area contributed by atoms with Gasteiger partial charge in [0.25, 0.3) is 0 Å². The molecule has 0 spiro atoms. The predicted molar refractivity (Wildman–Crippen MR) is 117 cm³/mol. The highest BCUT2D eigenvalue weighted by molar-refractivity contribution is 7.89. The third-order valence-electron chi connectivity index (χ3n) is 5.69. The van der Waals surface area contributed by atoms with Crippen LogP contribution in [0.25, 0.3) is 0 Å². The molecule has 2 amide bonds. The molecule has 1 unspecified atom stereocenters. The van der Waals surface area contributed by atoms with E-state index < -0.39 is 15.9 Å². The maximum absolute atomic E-state index is 12.7. The fourth-order valence-electron chi connectivity index (χ4n) is 3.94. The average Bonchev–Trinajstić information content (AvgIpc) is 3.45. The Morgan fingerprint density at radius 1 is 1.10 bits per heavy atom. The van der Waals surface area contributed by atoms with Crippen molar-refractivity contribution in [3.63, 3.8) is 0 Å². The molecular formula is C22H25N3O5S. The van der Waals surface area contributed by atoms with Crippen molar-refractivity contribution in [3.05, 3.63) is 48.5 Å². The van der Waals surface area contributed by atoms with Crippen molar-refractivity contribution in [1.82, 2.24) is 4.31 Å². The van der Waals surface area contributed by atoms with Gasteiger partial charge in [0, 0.05) is 43.5 Å². The van der Waals surface area contributed by atoms with Crippen molar-refractivity contribution in [1.29, 1.82) is 0 Å². The van der Waals surface area contributed by atoms with E-state index in [1.807, 2.05) is 0 Å². The first-order chi connectivity index (χ1) is 14.9. The summed E-state index contributed by atoms with van der Waals surface area (Å²) in [5, 5.41) is 2.80. The number of carbonyl (C=O) groups is 2. The number of carbonyl (C=O) groups excluding carboxylic acids is 2. The van der Waals surface area contributed by atoms with Gasteiger partial charge in [-0.05, 0) is 49.2 Å². The Morgan fingerprint density at radius 2 is 1.81 bits per heavy atom. The molecular weight excluding hydrogens is 418 g/mol. The van der Waals surface area contributed by atoms with Crippen LogP contribution in [0.1, 0.15) is 19.3 Å². The Balaban J connectivity index is 1.41. The summed E-state index contributed by atoms with van der Waals surface area (Å²) in [6.07, 6.45) is 1.87.